The van der Waals surface area contributed by atoms with Gasteiger partial charge in [-0.15, -0.1) is 0 Å². The first kappa shape index (κ1) is 10.7. The van der Waals surface area contributed by atoms with Crippen LogP contribution in [0.1, 0.15) is 0 Å². The Kier molecular flexibility index (Phi) is 3.39. The van der Waals surface area contributed by atoms with Gasteiger partial charge in [0.1, 0.15) is 0 Å². The number of rotatable bonds is 0. The molecule has 0 unspecified atom stereocenters. The van der Waals surface area contributed by atoms with Gasteiger partial charge in [0.25, 0.3) is 0 Å². The molecule has 0 spiro atoms. The third kappa shape index (κ3) is 3.11. The number of carbonyl (C=O) groups is 2. The molecule has 6 heteroatoms. The molecule has 0 aliphatic heterocycles. The van der Waals surface area contributed by atoms with Crippen molar-refractivity contribution in [3.63, 3.8) is 0 Å². The summed E-state index contributed by atoms with van der Waals surface area (Å²) in [7, 11) is 0. The highest BCUT2D eigenvalue weighted by molar-refractivity contribution is 6.27. The Morgan fingerprint density at radius 1 is 1.20 bits per heavy atom. The fraction of sp³-hybridized carbons (Fsp3) is 0. The van der Waals surface area contributed by atoms with E-state index in [9.17, 15) is 0 Å². The van der Waals surface area contributed by atoms with E-state index >= 15 is 0 Å². The van der Waals surface area contributed by atoms with Gasteiger partial charge in [-0.2, -0.15) is 0 Å². The summed E-state index contributed by atoms with van der Waals surface area (Å²) in [5.74, 6) is -3.65. The SMILES string of the molecule is O=C(O)C(=O)O.c1cnc2cc[nH]c2c1. The average Bonchev–Trinajstić information content (AvgIpc) is 2.66. The molecule has 6 nitrogen and oxygen atoms in total. The van der Waals surface area contributed by atoms with Crippen LogP contribution in [-0.2, 0) is 9.59 Å². The number of aliphatic carboxylic acids is 2. The molecular weight excluding hydrogens is 200 g/mol. The van der Waals surface area contributed by atoms with E-state index < -0.39 is 11.9 Å². The molecule has 0 fully saturated rings. The summed E-state index contributed by atoms with van der Waals surface area (Å²) in [4.78, 5) is 25.4. The van der Waals surface area contributed by atoms with Crippen molar-refractivity contribution in [3.8, 4) is 0 Å². The van der Waals surface area contributed by atoms with Crippen LogP contribution in [0.25, 0.3) is 11.0 Å². The molecule has 0 aromatic carbocycles. The van der Waals surface area contributed by atoms with Gasteiger partial charge in [0, 0.05) is 12.4 Å². The highest BCUT2D eigenvalue weighted by Crippen LogP contribution is 2.05. The molecule has 2 heterocycles. The smallest absolute Gasteiger partial charge is 0.414 e. The third-order valence-electron chi connectivity index (χ3n) is 1.50. The number of hydrogen-bond acceptors (Lipinski definition) is 3. The minimum atomic E-state index is -1.82. The molecule has 0 radical (unpaired) electrons. The van der Waals surface area contributed by atoms with E-state index in [0.29, 0.717) is 0 Å². The molecule has 78 valence electrons. The highest BCUT2D eigenvalue weighted by atomic mass is 16.4. The fourth-order valence-electron chi connectivity index (χ4n) is 0.883. The number of H-pyrrole nitrogens is 1. The third-order valence-corrected chi connectivity index (χ3v) is 1.50. The highest BCUT2D eigenvalue weighted by Gasteiger charge is 2.04. The van der Waals surface area contributed by atoms with Crippen LogP contribution in [-0.4, -0.2) is 32.1 Å². The van der Waals surface area contributed by atoms with Crippen LogP contribution in [0, 0.1) is 0 Å². The predicted octanol–water partition coefficient (Wildman–Crippen LogP) is 0.718. The summed E-state index contributed by atoms with van der Waals surface area (Å²) < 4.78 is 0. The Labute approximate surface area is 84.2 Å². The molecule has 0 aliphatic carbocycles. The van der Waals surface area contributed by atoms with E-state index in [0.717, 1.165) is 11.0 Å². The lowest BCUT2D eigenvalue weighted by Gasteiger charge is -1.82. The van der Waals surface area contributed by atoms with Gasteiger partial charge >= 0.3 is 11.9 Å². The Hall–Kier alpha value is -2.37. The summed E-state index contributed by atoms with van der Waals surface area (Å²) in [6.07, 6.45) is 3.67. The molecule has 0 aliphatic rings. The van der Waals surface area contributed by atoms with Crippen molar-refractivity contribution in [2.45, 2.75) is 0 Å². The van der Waals surface area contributed by atoms with E-state index in [2.05, 4.69) is 9.97 Å². The maximum absolute atomic E-state index is 9.10. The van der Waals surface area contributed by atoms with E-state index in [-0.39, 0.29) is 0 Å². The first-order valence-corrected chi connectivity index (χ1v) is 3.95. The molecule has 15 heavy (non-hydrogen) atoms. The van der Waals surface area contributed by atoms with Crippen LogP contribution >= 0.6 is 0 Å². The van der Waals surface area contributed by atoms with Gasteiger partial charge < -0.3 is 15.2 Å². The largest absolute Gasteiger partial charge is 0.473 e. The van der Waals surface area contributed by atoms with Crippen molar-refractivity contribution in [1.82, 2.24) is 9.97 Å². The number of nitrogens with one attached hydrogen (secondary N) is 1. The molecule has 3 N–H and O–H groups in total. The summed E-state index contributed by atoms with van der Waals surface area (Å²) in [6.45, 7) is 0. The van der Waals surface area contributed by atoms with Crippen molar-refractivity contribution in [3.05, 3.63) is 30.6 Å². The fourth-order valence-corrected chi connectivity index (χ4v) is 0.883. The van der Waals surface area contributed by atoms with Gasteiger partial charge in [0.15, 0.2) is 0 Å². The minimum Gasteiger partial charge on any atom is -0.473 e. The van der Waals surface area contributed by atoms with Gasteiger partial charge in [-0.1, -0.05) is 0 Å². The zero-order valence-corrected chi connectivity index (χ0v) is 7.54. The van der Waals surface area contributed by atoms with Gasteiger partial charge in [0.05, 0.1) is 11.0 Å². The summed E-state index contributed by atoms with van der Waals surface area (Å²) >= 11 is 0. The van der Waals surface area contributed by atoms with Crippen molar-refractivity contribution < 1.29 is 19.8 Å². The van der Waals surface area contributed by atoms with Crippen LogP contribution in [0.3, 0.4) is 0 Å². The maximum Gasteiger partial charge on any atom is 0.414 e. The first-order valence-electron chi connectivity index (χ1n) is 3.95. The van der Waals surface area contributed by atoms with Gasteiger partial charge in [0.2, 0.25) is 0 Å². The monoisotopic (exact) mass is 208 g/mol. The zero-order valence-electron chi connectivity index (χ0n) is 7.54. The molecule has 0 saturated heterocycles. The molecule has 0 amide bonds. The van der Waals surface area contributed by atoms with Crippen LogP contribution in [0.15, 0.2) is 30.6 Å². The Bertz CT molecular complexity index is 435. The number of carboxylic acids is 2. The number of hydrogen-bond donors (Lipinski definition) is 3. The first-order chi connectivity index (χ1) is 7.11. The maximum atomic E-state index is 9.10. The molecular formula is C9H8N2O4. The average molecular weight is 208 g/mol. The lowest BCUT2D eigenvalue weighted by atomic mass is 10.4. The number of nitrogens with zero attached hydrogens (tertiary/aromatic N) is 1. The second-order valence-corrected chi connectivity index (χ2v) is 2.52. The Balaban J connectivity index is 0.000000167. The number of carboxylic acid groups (broad SMARTS) is 2. The normalized spacial score (nSPS) is 9.07. The van der Waals surface area contributed by atoms with E-state index in [1.807, 2.05) is 24.4 Å². The van der Waals surface area contributed by atoms with Gasteiger partial charge in [-0.25, -0.2) is 9.59 Å². The quantitative estimate of drug-likeness (QED) is 0.553. The standard InChI is InChI=1S/C7H6N2.C2H2O4/c1-2-6-7(8-4-1)3-5-9-6;3-1(4)2(5)6/h1-5,9H;(H,3,4)(H,5,6). The van der Waals surface area contributed by atoms with Crippen molar-refractivity contribution >= 4 is 23.0 Å². The molecule has 2 aromatic rings. The summed E-state index contributed by atoms with van der Waals surface area (Å²) in [5, 5.41) is 14.8. The molecule has 2 rings (SSSR count). The zero-order chi connectivity index (χ0) is 11.3. The van der Waals surface area contributed by atoms with Crippen molar-refractivity contribution in [2.24, 2.45) is 0 Å². The summed E-state index contributed by atoms with van der Waals surface area (Å²) in [6, 6.07) is 5.87. The second kappa shape index (κ2) is 4.75. The molecule has 0 atom stereocenters. The Morgan fingerprint density at radius 2 is 1.87 bits per heavy atom. The van der Waals surface area contributed by atoms with Crippen LogP contribution in [0.4, 0.5) is 0 Å². The Morgan fingerprint density at radius 3 is 2.40 bits per heavy atom. The molecule has 2 aromatic heterocycles. The topological polar surface area (TPSA) is 103 Å². The molecule has 0 bridgehead atoms. The van der Waals surface area contributed by atoms with Crippen LogP contribution < -0.4 is 0 Å². The van der Waals surface area contributed by atoms with E-state index in [1.165, 1.54) is 0 Å². The van der Waals surface area contributed by atoms with Crippen molar-refractivity contribution in [2.75, 3.05) is 0 Å². The second-order valence-electron chi connectivity index (χ2n) is 2.52. The lowest BCUT2D eigenvalue weighted by molar-refractivity contribution is -0.159. The number of aromatic nitrogens is 2. The van der Waals surface area contributed by atoms with Crippen LogP contribution in [0.5, 0.6) is 0 Å². The predicted molar refractivity (Wildman–Crippen MR) is 51.4 cm³/mol. The number of pyridine rings is 1. The van der Waals surface area contributed by atoms with Crippen LogP contribution in [0.2, 0.25) is 0 Å². The lowest BCUT2D eigenvalue weighted by Crippen LogP contribution is -2.09. The minimum absolute atomic E-state index is 1.03. The van der Waals surface area contributed by atoms with Gasteiger partial charge in [-0.3, -0.25) is 4.98 Å². The van der Waals surface area contributed by atoms with E-state index in [1.54, 1.807) is 6.20 Å². The van der Waals surface area contributed by atoms with Crippen molar-refractivity contribution in [1.29, 1.82) is 0 Å². The van der Waals surface area contributed by atoms with Gasteiger partial charge in [-0.05, 0) is 18.2 Å². The summed E-state index contributed by atoms with van der Waals surface area (Å²) in [5.41, 5.74) is 2.12. The number of aromatic amines is 1. The van der Waals surface area contributed by atoms with E-state index in [4.69, 9.17) is 19.8 Å². The molecule has 0 saturated carbocycles. The number of fused-ring (bicyclic) bond motifs is 1.